The van der Waals surface area contributed by atoms with E-state index in [2.05, 4.69) is 71.1 Å². The van der Waals surface area contributed by atoms with Crippen LogP contribution in [0.4, 0.5) is 10.8 Å². The average Bonchev–Trinajstić information content (AvgIpc) is 3.56. The van der Waals surface area contributed by atoms with Crippen molar-refractivity contribution in [2.24, 2.45) is 46.3 Å². The van der Waals surface area contributed by atoms with Gasteiger partial charge in [-0.05, 0) is 116 Å². The Hall–Kier alpha value is -1.69. The number of aryl methyl sites for hydroxylation is 3. The Morgan fingerprint density at radius 2 is 1.90 bits per heavy atom. The molecular weight excluding hydrogens is 524 g/mol. The molecule has 220 valence electrons. The van der Waals surface area contributed by atoms with E-state index >= 15 is 0 Å². The van der Waals surface area contributed by atoms with Crippen LogP contribution in [0.5, 0.6) is 0 Å². The molecular formula is C36H48N2O2S. The summed E-state index contributed by atoms with van der Waals surface area (Å²) in [4.78, 5) is 6.59. The number of allylic oxidation sites excluding steroid dienone is 2. The summed E-state index contributed by atoms with van der Waals surface area (Å²) in [6.07, 6.45) is 12.9. The maximum atomic E-state index is 7.00. The largest absolute Gasteiger partial charge is 0.349 e. The maximum absolute atomic E-state index is 7.00. The molecule has 0 amide bonds. The molecule has 5 heteroatoms. The van der Waals surface area contributed by atoms with E-state index in [1.807, 2.05) is 11.3 Å². The average molecular weight is 573 g/mol. The van der Waals surface area contributed by atoms with Gasteiger partial charge in [0.2, 0.25) is 0 Å². The Bertz CT molecular complexity index is 1400. The normalized spacial score (nSPS) is 44.4. The fourth-order valence-corrected chi connectivity index (χ4v) is 12.2. The molecule has 2 saturated heterocycles. The molecule has 41 heavy (non-hydrogen) atoms. The van der Waals surface area contributed by atoms with Gasteiger partial charge in [-0.1, -0.05) is 62.8 Å². The minimum atomic E-state index is -0.312. The second kappa shape index (κ2) is 9.16. The van der Waals surface area contributed by atoms with Gasteiger partial charge in [-0.3, -0.25) is 0 Å². The van der Waals surface area contributed by atoms with Gasteiger partial charge < -0.3 is 14.8 Å². The summed E-state index contributed by atoms with van der Waals surface area (Å²) < 4.78 is 13.6. The van der Waals surface area contributed by atoms with Gasteiger partial charge in [0, 0.05) is 18.0 Å². The first-order valence-corrected chi connectivity index (χ1v) is 17.3. The van der Waals surface area contributed by atoms with Crippen molar-refractivity contribution in [3.63, 3.8) is 0 Å². The number of ether oxygens (including phenoxy) is 2. The lowest BCUT2D eigenvalue weighted by Crippen LogP contribution is -2.51. The van der Waals surface area contributed by atoms with E-state index in [9.17, 15) is 0 Å². The van der Waals surface area contributed by atoms with Gasteiger partial charge in [-0.2, -0.15) is 0 Å². The second-order valence-corrected chi connectivity index (χ2v) is 16.4. The van der Waals surface area contributed by atoms with Gasteiger partial charge in [0.05, 0.1) is 23.3 Å². The molecule has 0 bridgehead atoms. The SMILES string of the molecule is Cc1ccc(Nc2nc3c(s2)C2=CC[C@H]4[C@@H]5C[C@@H]6O[C@]7(CC[C@@H](C)CO7)[C@@H](C)[C@@H]6[C@@]5(C)CC[C@@H]4[C@@]2(C)CC3)c(C)c1. The van der Waals surface area contributed by atoms with Crippen LogP contribution >= 0.6 is 11.3 Å². The van der Waals surface area contributed by atoms with E-state index in [-0.39, 0.29) is 11.2 Å². The number of benzene rings is 1. The van der Waals surface area contributed by atoms with Crippen molar-refractivity contribution >= 4 is 27.7 Å². The Morgan fingerprint density at radius 3 is 2.68 bits per heavy atom. The van der Waals surface area contributed by atoms with Crippen molar-refractivity contribution in [3.8, 4) is 0 Å². The molecule has 8 rings (SSSR count). The zero-order valence-corrected chi connectivity index (χ0v) is 26.7. The molecule has 1 aromatic carbocycles. The molecule has 0 unspecified atom stereocenters. The highest BCUT2D eigenvalue weighted by molar-refractivity contribution is 7.16. The first kappa shape index (κ1) is 26.9. The van der Waals surface area contributed by atoms with Gasteiger partial charge in [-0.15, -0.1) is 0 Å². The summed E-state index contributed by atoms with van der Waals surface area (Å²) in [5.41, 5.74) is 7.31. The predicted octanol–water partition coefficient (Wildman–Crippen LogP) is 9.09. The molecule has 3 heterocycles. The molecule has 1 spiro atoms. The van der Waals surface area contributed by atoms with E-state index in [1.165, 1.54) is 65.9 Å². The lowest BCUT2D eigenvalue weighted by molar-refractivity contribution is -0.272. The highest BCUT2D eigenvalue weighted by Crippen LogP contribution is 2.71. The van der Waals surface area contributed by atoms with E-state index in [0.29, 0.717) is 29.3 Å². The number of thiazole rings is 1. The van der Waals surface area contributed by atoms with Crippen LogP contribution in [0.25, 0.3) is 5.57 Å². The molecule has 2 aliphatic heterocycles. The van der Waals surface area contributed by atoms with Gasteiger partial charge in [0.1, 0.15) is 0 Å². The number of hydrogen-bond acceptors (Lipinski definition) is 5. The molecule has 2 saturated carbocycles. The Morgan fingerprint density at radius 1 is 1.05 bits per heavy atom. The van der Waals surface area contributed by atoms with Crippen molar-refractivity contribution in [2.75, 3.05) is 11.9 Å². The molecule has 0 radical (unpaired) electrons. The molecule has 1 N–H and O–H groups in total. The third-order valence-corrected chi connectivity index (χ3v) is 14.2. The number of nitrogens with zero attached hydrogens (tertiary/aromatic N) is 1. The Kier molecular flexibility index (Phi) is 6.01. The summed E-state index contributed by atoms with van der Waals surface area (Å²) in [5.74, 6) is 3.78. The van der Waals surface area contributed by atoms with Crippen molar-refractivity contribution < 1.29 is 9.47 Å². The number of anilines is 2. The molecule has 2 aromatic rings. The Labute approximate surface area is 250 Å². The van der Waals surface area contributed by atoms with E-state index < -0.39 is 0 Å². The second-order valence-electron chi connectivity index (χ2n) is 15.4. The van der Waals surface area contributed by atoms with Crippen LogP contribution in [0.1, 0.15) is 94.3 Å². The molecule has 6 aliphatic rings. The highest BCUT2D eigenvalue weighted by atomic mass is 32.1. The third-order valence-electron chi connectivity index (χ3n) is 13.2. The van der Waals surface area contributed by atoms with Gasteiger partial charge in [0.25, 0.3) is 0 Å². The zero-order valence-electron chi connectivity index (χ0n) is 25.9. The third kappa shape index (κ3) is 3.80. The minimum absolute atomic E-state index is 0.259. The fourth-order valence-electron chi connectivity index (χ4n) is 11.0. The summed E-state index contributed by atoms with van der Waals surface area (Å²) in [5, 5.41) is 4.72. The quantitative estimate of drug-likeness (QED) is 0.390. The number of aromatic nitrogens is 1. The number of rotatable bonds is 2. The van der Waals surface area contributed by atoms with Crippen LogP contribution in [0.2, 0.25) is 0 Å². The van der Waals surface area contributed by atoms with Crippen LogP contribution in [0.3, 0.4) is 0 Å². The molecule has 4 aliphatic carbocycles. The number of fused-ring (bicyclic) bond motifs is 9. The zero-order chi connectivity index (χ0) is 28.3. The Balaban J connectivity index is 1.06. The summed E-state index contributed by atoms with van der Waals surface area (Å²) >= 11 is 1.89. The van der Waals surface area contributed by atoms with E-state index in [1.54, 1.807) is 5.57 Å². The summed E-state index contributed by atoms with van der Waals surface area (Å²) in [6.45, 7) is 15.3. The van der Waals surface area contributed by atoms with Crippen molar-refractivity contribution in [2.45, 2.75) is 105 Å². The monoisotopic (exact) mass is 572 g/mol. The smallest absolute Gasteiger partial charge is 0.187 e. The minimum Gasteiger partial charge on any atom is -0.349 e. The molecule has 1 aromatic heterocycles. The maximum Gasteiger partial charge on any atom is 0.187 e. The predicted molar refractivity (Wildman–Crippen MR) is 167 cm³/mol. The van der Waals surface area contributed by atoms with Gasteiger partial charge in [0.15, 0.2) is 10.9 Å². The first-order valence-electron chi connectivity index (χ1n) is 16.5. The standard InChI is InChI=1S/C36H48N2O2S/c1-20-7-10-28(22(3)17-20)37-33-38-29-13-15-34(5)25-12-14-35(6)27(24(25)8-9-26(34)32(29)41-33)18-30-31(35)23(4)36(40-30)16-11-21(2)19-39-36/h7,9-10,17,21,23-25,27,30-31H,8,11-16,18-19H2,1-6H3,(H,37,38)/t21-,23+,24-,25+,27+,30+,31+,34-,35+,36-/m1/s1. The lowest BCUT2D eigenvalue weighted by Gasteiger charge is -2.57. The van der Waals surface area contributed by atoms with Crippen LogP contribution in [0, 0.1) is 60.2 Å². The summed E-state index contributed by atoms with van der Waals surface area (Å²) in [7, 11) is 0. The van der Waals surface area contributed by atoms with E-state index in [4.69, 9.17) is 14.5 Å². The topological polar surface area (TPSA) is 43.4 Å². The fraction of sp³-hybridized carbons (Fsp3) is 0.694. The first-order chi connectivity index (χ1) is 19.6. The van der Waals surface area contributed by atoms with Crippen LogP contribution in [-0.2, 0) is 15.9 Å². The van der Waals surface area contributed by atoms with Crippen molar-refractivity contribution in [1.82, 2.24) is 4.98 Å². The van der Waals surface area contributed by atoms with Gasteiger partial charge >= 0.3 is 0 Å². The van der Waals surface area contributed by atoms with Gasteiger partial charge in [-0.25, -0.2) is 4.98 Å². The van der Waals surface area contributed by atoms with Crippen molar-refractivity contribution in [3.05, 3.63) is 46.0 Å². The molecule has 4 nitrogen and oxygen atoms in total. The van der Waals surface area contributed by atoms with Crippen LogP contribution < -0.4 is 5.32 Å². The highest BCUT2D eigenvalue weighted by Gasteiger charge is 2.68. The molecule has 10 atom stereocenters. The summed E-state index contributed by atoms with van der Waals surface area (Å²) in [6, 6.07) is 6.63. The van der Waals surface area contributed by atoms with Crippen LogP contribution in [0.15, 0.2) is 24.3 Å². The van der Waals surface area contributed by atoms with E-state index in [0.717, 1.165) is 42.3 Å². The lowest BCUT2D eigenvalue weighted by atomic mass is 9.47. The number of hydrogen-bond donors (Lipinski definition) is 1. The molecule has 4 fully saturated rings. The number of nitrogens with one attached hydrogen (secondary N) is 1. The van der Waals surface area contributed by atoms with Crippen molar-refractivity contribution in [1.29, 1.82) is 0 Å². The van der Waals surface area contributed by atoms with Crippen LogP contribution in [-0.4, -0.2) is 23.5 Å².